The lowest BCUT2D eigenvalue weighted by atomic mass is 10.2. The Bertz CT molecular complexity index is 664. The molecule has 0 aliphatic carbocycles. The third-order valence-corrected chi connectivity index (χ3v) is 3.00. The Morgan fingerprint density at radius 1 is 1.21 bits per heavy atom. The lowest BCUT2D eigenvalue weighted by Crippen LogP contribution is -2.01. The molecule has 0 spiro atoms. The zero-order valence-corrected chi connectivity index (χ0v) is 10.6. The molecule has 5 nitrogen and oxygen atoms in total. The molecule has 19 heavy (non-hydrogen) atoms. The van der Waals surface area contributed by atoms with Crippen LogP contribution in [-0.4, -0.2) is 9.97 Å². The van der Waals surface area contributed by atoms with Crippen molar-refractivity contribution in [2.75, 3.05) is 5.32 Å². The molecule has 0 fully saturated rings. The average molecular weight is 273 g/mol. The van der Waals surface area contributed by atoms with Gasteiger partial charge >= 0.3 is 0 Å². The van der Waals surface area contributed by atoms with Gasteiger partial charge < -0.3 is 10.1 Å². The summed E-state index contributed by atoms with van der Waals surface area (Å²) in [6.07, 6.45) is 0. The van der Waals surface area contributed by atoms with E-state index in [0.717, 1.165) is 16.9 Å². The van der Waals surface area contributed by atoms with Gasteiger partial charge in [-0.05, 0) is 35.9 Å². The Morgan fingerprint density at radius 2 is 2.00 bits per heavy atom. The summed E-state index contributed by atoms with van der Waals surface area (Å²) in [7, 11) is 0. The molecule has 0 amide bonds. The standard InChI is InChI=1S/C13H9ClN4O/c14-13-17-11-7-19-6-10(11)12(18-13)16-9-3-1-8(5-15)2-4-9/h1-4H,6-7H2,(H,16,17,18). The van der Waals surface area contributed by atoms with Gasteiger partial charge in [0.2, 0.25) is 5.28 Å². The quantitative estimate of drug-likeness (QED) is 0.851. The topological polar surface area (TPSA) is 70.8 Å². The minimum absolute atomic E-state index is 0.195. The summed E-state index contributed by atoms with van der Waals surface area (Å²) < 4.78 is 5.34. The van der Waals surface area contributed by atoms with Gasteiger partial charge in [-0.15, -0.1) is 0 Å². The second-order valence-corrected chi connectivity index (χ2v) is 4.41. The second-order valence-electron chi connectivity index (χ2n) is 4.07. The fourth-order valence-corrected chi connectivity index (χ4v) is 2.08. The Morgan fingerprint density at radius 3 is 2.74 bits per heavy atom. The smallest absolute Gasteiger partial charge is 0.224 e. The predicted octanol–water partition coefficient (Wildman–Crippen LogP) is 2.78. The monoisotopic (exact) mass is 272 g/mol. The van der Waals surface area contributed by atoms with Gasteiger partial charge in [0.05, 0.1) is 30.5 Å². The van der Waals surface area contributed by atoms with Crippen molar-refractivity contribution in [2.45, 2.75) is 13.2 Å². The van der Waals surface area contributed by atoms with Gasteiger partial charge in [0, 0.05) is 11.3 Å². The first-order valence-corrected chi connectivity index (χ1v) is 6.04. The van der Waals surface area contributed by atoms with Crippen LogP contribution in [0.15, 0.2) is 24.3 Å². The van der Waals surface area contributed by atoms with Crippen LogP contribution < -0.4 is 5.32 Å². The lowest BCUT2D eigenvalue weighted by Gasteiger charge is -2.09. The second kappa shape index (κ2) is 4.84. The molecule has 1 aromatic heterocycles. The normalized spacial score (nSPS) is 12.8. The lowest BCUT2D eigenvalue weighted by molar-refractivity contribution is 0.133. The molecule has 1 aliphatic rings. The van der Waals surface area contributed by atoms with Crippen LogP contribution in [0, 0.1) is 11.3 Å². The summed E-state index contributed by atoms with van der Waals surface area (Å²) in [5, 5.41) is 12.1. The highest BCUT2D eigenvalue weighted by molar-refractivity contribution is 6.28. The summed E-state index contributed by atoms with van der Waals surface area (Å²) in [5.74, 6) is 0.650. The first-order chi connectivity index (χ1) is 9.26. The molecular formula is C13H9ClN4O. The molecule has 94 valence electrons. The van der Waals surface area contributed by atoms with Crippen LogP contribution >= 0.6 is 11.6 Å². The summed E-state index contributed by atoms with van der Waals surface area (Å²) in [6, 6.07) is 9.18. The zero-order valence-electron chi connectivity index (χ0n) is 9.85. The van der Waals surface area contributed by atoms with Crippen LogP contribution in [0.4, 0.5) is 11.5 Å². The van der Waals surface area contributed by atoms with Crippen LogP contribution in [0.25, 0.3) is 0 Å². The molecule has 3 rings (SSSR count). The predicted molar refractivity (Wildman–Crippen MR) is 70.0 cm³/mol. The van der Waals surface area contributed by atoms with Crippen molar-refractivity contribution >= 4 is 23.1 Å². The van der Waals surface area contributed by atoms with Crippen molar-refractivity contribution in [1.29, 1.82) is 5.26 Å². The number of ether oxygens (including phenoxy) is 1. The molecule has 2 heterocycles. The molecule has 0 radical (unpaired) electrons. The van der Waals surface area contributed by atoms with Crippen molar-refractivity contribution in [2.24, 2.45) is 0 Å². The number of nitrogens with zero attached hydrogens (tertiary/aromatic N) is 3. The molecular weight excluding hydrogens is 264 g/mol. The number of anilines is 2. The molecule has 0 atom stereocenters. The summed E-state index contributed by atoms with van der Waals surface area (Å²) >= 11 is 5.88. The van der Waals surface area contributed by atoms with E-state index in [1.54, 1.807) is 12.1 Å². The summed E-state index contributed by atoms with van der Waals surface area (Å²) in [4.78, 5) is 8.31. The van der Waals surface area contributed by atoms with Crippen molar-refractivity contribution in [1.82, 2.24) is 9.97 Å². The number of hydrogen-bond donors (Lipinski definition) is 1. The van der Waals surface area contributed by atoms with Crippen molar-refractivity contribution in [3.05, 3.63) is 46.4 Å². The van der Waals surface area contributed by atoms with Crippen molar-refractivity contribution in [3.63, 3.8) is 0 Å². The molecule has 0 saturated carbocycles. The number of hydrogen-bond acceptors (Lipinski definition) is 5. The highest BCUT2D eigenvalue weighted by Gasteiger charge is 2.19. The SMILES string of the molecule is N#Cc1ccc(Nc2nc(Cl)nc3c2COC3)cc1. The maximum Gasteiger partial charge on any atom is 0.224 e. The molecule has 1 aliphatic heterocycles. The number of aromatic nitrogens is 2. The first-order valence-electron chi connectivity index (χ1n) is 5.66. The van der Waals surface area contributed by atoms with Crippen LogP contribution in [0.1, 0.15) is 16.8 Å². The van der Waals surface area contributed by atoms with E-state index >= 15 is 0 Å². The van der Waals surface area contributed by atoms with Gasteiger partial charge in [-0.3, -0.25) is 0 Å². The van der Waals surface area contributed by atoms with E-state index in [-0.39, 0.29) is 5.28 Å². The average Bonchev–Trinajstić information content (AvgIpc) is 2.88. The highest BCUT2D eigenvalue weighted by atomic mass is 35.5. The number of rotatable bonds is 2. The third kappa shape index (κ3) is 2.36. The summed E-state index contributed by atoms with van der Waals surface area (Å²) in [6.45, 7) is 0.935. The molecule has 2 aromatic rings. The van der Waals surface area contributed by atoms with E-state index in [2.05, 4.69) is 21.4 Å². The van der Waals surface area contributed by atoms with Gasteiger partial charge in [0.1, 0.15) is 5.82 Å². The summed E-state index contributed by atoms with van der Waals surface area (Å²) in [5.41, 5.74) is 3.19. The van der Waals surface area contributed by atoms with Gasteiger partial charge in [-0.1, -0.05) is 0 Å². The number of nitrogens with one attached hydrogen (secondary N) is 1. The van der Waals surface area contributed by atoms with Crippen LogP contribution in [-0.2, 0) is 18.0 Å². The maximum absolute atomic E-state index is 8.76. The van der Waals surface area contributed by atoms with E-state index in [1.165, 1.54) is 0 Å². The van der Waals surface area contributed by atoms with E-state index in [4.69, 9.17) is 21.6 Å². The number of halogens is 1. The van der Waals surface area contributed by atoms with E-state index in [1.807, 2.05) is 12.1 Å². The Hall–Kier alpha value is -2.16. The van der Waals surface area contributed by atoms with Gasteiger partial charge in [-0.25, -0.2) is 9.97 Å². The van der Waals surface area contributed by atoms with Crippen molar-refractivity contribution in [3.8, 4) is 6.07 Å². The first kappa shape index (κ1) is 11.9. The fraction of sp³-hybridized carbons (Fsp3) is 0.154. The van der Waals surface area contributed by atoms with Crippen molar-refractivity contribution < 1.29 is 4.74 Å². The highest BCUT2D eigenvalue weighted by Crippen LogP contribution is 2.28. The molecule has 0 saturated heterocycles. The number of nitriles is 1. The third-order valence-electron chi connectivity index (χ3n) is 2.83. The van der Waals surface area contributed by atoms with Crippen LogP contribution in [0.2, 0.25) is 5.28 Å². The fourth-order valence-electron chi connectivity index (χ4n) is 1.89. The van der Waals surface area contributed by atoms with Gasteiger partial charge in [0.25, 0.3) is 0 Å². The van der Waals surface area contributed by atoms with Gasteiger partial charge in [-0.2, -0.15) is 5.26 Å². The number of fused-ring (bicyclic) bond motifs is 1. The zero-order chi connectivity index (χ0) is 13.2. The minimum Gasteiger partial charge on any atom is -0.370 e. The Balaban J connectivity index is 1.93. The van der Waals surface area contributed by atoms with Crippen LogP contribution in [0.3, 0.4) is 0 Å². The molecule has 1 N–H and O–H groups in total. The number of benzene rings is 1. The maximum atomic E-state index is 8.76. The van der Waals surface area contributed by atoms with E-state index in [9.17, 15) is 0 Å². The molecule has 6 heteroatoms. The molecule has 0 unspecified atom stereocenters. The minimum atomic E-state index is 0.195. The Labute approximate surface area is 114 Å². The largest absolute Gasteiger partial charge is 0.370 e. The Kier molecular flexibility index (Phi) is 3.03. The van der Waals surface area contributed by atoms with Gasteiger partial charge in [0.15, 0.2) is 0 Å². The van der Waals surface area contributed by atoms with E-state index in [0.29, 0.717) is 24.6 Å². The van der Waals surface area contributed by atoms with Crippen LogP contribution in [0.5, 0.6) is 0 Å². The molecule has 1 aromatic carbocycles. The van der Waals surface area contributed by atoms with E-state index < -0.39 is 0 Å². The molecule has 0 bridgehead atoms.